The summed E-state index contributed by atoms with van der Waals surface area (Å²) in [6.45, 7) is 4.45. The molecule has 0 saturated heterocycles. The molecule has 1 aliphatic carbocycles. The maximum absolute atomic E-state index is 11.6. The van der Waals surface area contributed by atoms with E-state index in [4.69, 9.17) is 0 Å². The number of unbranched alkanes of at least 4 members (excludes halogenated alkanes) is 2. The highest BCUT2D eigenvalue weighted by Crippen LogP contribution is 2.42. The molecule has 31 heavy (non-hydrogen) atoms. The van der Waals surface area contributed by atoms with Crippen molar-refractivity contribution in [2.75, 3.05) is 0 Å². The Labute approximate surface area is 188 Å². The third-order valence-corrected chi connectivity index (χ3v) is 6.96. The van der Waals surface area contributed by atoms with Gasteiger partial charge in [-0.1, -0.05) is 106 Å². The molecule has 3 aromatic rings. The topological polar surface area (TPSA) is 20.2 Å². The monoisotopic (exact) mass is 412 g/mol. The van der Waals surface area contributed by atoms with Gasteiger partial charge in [0.2, 0.25) is 0 Å². The van der Waals surface area contributed by atoms with Crippen molar-refractivity contribution in [1.29, 1.82) is 0 Å². The van der Waals surface area contributed by atoms with Gasteiger partial charge in [-0.2, -0.15) is 0 Å². The van der Waals surface area contributed by atoms with E-state index in [1.807, 2.05) is 0 Å². The number of hydrogen-bond donors (Lipinski definition) is 1. The second kappa shape index (κ2) is 9.83. The van der Waals surface area contributed by atoms with Gasteiger partial charge in [-0.15, -0.1) is 0 Å². The molecule has 1 heteroatoms. The fourth-order valence-electron chi connectivity index (χ4n) is 5.15. The minimum atomic E-state index is -0.693. The van der Waals surface area contributed by atoms with Crippen LogP contribution in [0.25, 0.3) is 22.3 Å². The van der Waals surface area contributed by atoms with Crippen molar-refractivity contribution in [3.63, 3.8) is 0 Å². The smallest absolute Gasteiger partial charge is 0.0902 e. The number of rotatable bonds is 7. The lowest BCUT2D eigenvalue weighted by Crippen LogP contribution is -2.29. The summed E-state index contributed by atoms with van der Waals surface area (Å²) in [5.74, 6) is 0. The van der Waals surface area contributed by atoms with Crippen molar-refractivity contribution in [2.24, 2.45) is 0 Å². The molecule has 4 rings (SSSR count). The Balaban J connectivity index is 1.75. The first kappa shape index (κ1) is 21.8. The van der Waals surface area contributed by atoms with Crippen LogP contribution in [-0.4, -0.2) is 5.11 Å². The average molecular weight is 413 g/mol. The number of aryl methyl sites for hydroxylation is 2. The summed E-state index contributed by atoms with van der Waals surface area (Å²) in [4.78, 5) is 0. The molecule has 0 spiro atoms. The highest BCUT2D eigenvalue weighted by Gasteiger charge is 2.33. The fourth-order valence-corrected chi connectivity index (χ4v) is 5.15. The van der Waals surface area contributed by atoms with Crippen molar-refractivity contribution in [1.82, 2.24) is 0 Å². The van der Waals surface area contributed by atoms with Crippen molar-refractivity contribution in [3.05, 3.63) is 83.4 Å². The van der Waals surface area contributed by atoms with Crippen LogP contribution in [0.1, 0.15) is 75.0 Å². The van der Waals surface area contributed by atoms with Crippen LogP contribution in [0.2, 0.25) is 0 Å². The van der Waals surface area contributed by atoms with Gasteiger partial charge in [0.05, 0.1) is 5.60 Å². The molecule has 0 bridgehead atoms. The van der Waals surface area contributed by atoms with Crippen LogP contribution in [0.3, 0.4) is 0 Å². The summed E-state index contributed by atoms with van der Waals surface area (Å²) in [5.41, 5.74) is 8.08. The summed E-state index contributed by atoms with van der Waals surface area (Å²) in [6, 6.07) is 24.2. The third kappa shape index (κ3) is 4.93. The standard InChI is InChI=1S/C30H36O/c1-3-4-7-12-24-15-18-29(30(31)19-10-6-11-20-30)28(22-24)26-16-17-27(23(2)21-26)25-13-8-5-9-14-25/h5,8-9,13-18,21-22,31H,3-4,6-7,10-12,19-20H2,1-2H3. The van der Waals surface area contributed by atoms with Gasteiger partial charge in [-0.25, -0.2) is 0 Å². The molecule has 162 valence electrons. The Morgan fingerprint density at radius 2 is 1.55 bits per heavy atom. The predicted molar refractivity (Wildman–Crippen MR) is 132 cm³/mol. The largest absolute Gasteiger partial charge is 0.385 e. The summed E-state index contributed by atoms with van der Waals surface area (Å²) < 4.78 is 0. The quantitative estimate of drug-likeness (QED) is 0.388. The molecule has 0 radical (unpaired) electrons. The van der Waals surface area contributed by atoms with Gasteiger partial charge < -0.3 is 5.11 Å². The molecule has 3 aromatic carbocycles. The zero-order valence-corrected chi connectivity index (χ0v) is 19.2. The van der Waals surface area contributed by atoms with Crippen LogP contribution in [-0.2, 0) is 12.0 Å². The maximum atomic E-state index is 11.6. The van der Waals surface area contributed by atoms with Crippen LogP contribution in [0, 0.1) is 6.92 Å². The number of hydrogen-bond acceptors (Lipinski definition) is 1. The maximum Gasteiger partial charge on any atom is 0.0902 e. The second-order valence-corrected chi connectivity index (χ2v) is 9.33. The van der Waals surface area contributed by atoms with Gasteiger partial charge in [0.25, 0.3) is 0 Å². The molecule has 0 aliphatic heterocycles. The van der Waals surface area contributed by atoms with E-state index in [1.165, 1.54) is 59.1 Å². The highest BCUT2D eigenvalue weighted by molar-refractivity contribution is 5.76. The average Bonchev–Trinajstić information content (AvgIpc) is 2.80. The molecule has 0 heterocycles. The minimum Gasteiger partial charge on any atom is -0.385 e. The Hall–Kier alpha value is -2.38. The van der Waals surface area contributed by atoms with Crippen molar-refractivity contribution < 1.29 is 5.11 Å². The summed E-state index contributed by atoms with van der Waals surface area (Å²) in [6.07, 6.45) is 10.0. The first-order valence-corrected chi connectivity index (χ1v) is 12.1. The van der Waals surface area contributed by atoms with E-state index in [9.17, 15) is 5.11 Å². The van der Waals surface area contributed by atoms with Crippen LogP contribution in [0.15, 0.2) is 66.7 Å². The molecular weight excluding hydrogens is 376 g/mol. The highest BCUT2D eigenvalue weighted by atomic mass is 16.3. The molecule has 0 aromatic heterocycles. The molecule has 1 N–H and O–H groups in total. The van der Waals surface area contributed by atoms with Crippen LogP contribution < -0.4 is 0 Å². The SMILES string of the molecule is CCCCCc1ccc(C2(O)CCCCC2)c(-c2ccc(-c3ccccc3)c(C)c2)c1. The predicted octanol–water partition coefficient (Wildman–Crippen LogP) is 8.21. The van der Waals surface area contributed by atoms with E-state index in [1.54, 1.807) is 0 Å². The normalized spacial score (nSPS) is 15.7. The zero-order chi connectivity index (χ0) is 21.7. The molecule has 0 atom stereocenters. The van der Waals surface area contributed by atoms with Gasteiger partial charge in [-0.3, -0.25) is 0 Å². The van der Waals surface area contributed by atoms with Crippen molar-refractivity contribution in [3.8, 4) is 22.3 Å². The fraction of sp³-hybridized carbons (Fsp3) is 0.400. The molecule has 0 amide bonds. The van der Waals surface area contributed by atoms with E-state index in [-0.39, 0.29) is 0 Å². The van der Waals surface area contributed by atoms with Crippen molar-refractivity contribution >= 4 is 0 Å². The number of benzene rings is 3. The first-order valence-electron chi connectivity index (χ1n) is 12.1. The zero-order valence-electron chi connectivity index (χ0n) is 19.2. The Kier molecular flexibility index (Phi) is 6.92. The lowest BCUT2D eigenvalue weighted by Gasteiger charge is -2.34. The van der Waals surface area contributed by atoms with E-state index < -0.39 is 5.60 Å². The van der Waals surface area contributed by atoms with Gasteiger partial charge in [0.1, 0.15) is 0 Å². The van der Waals surface area contributed by atoms with Crippen LogP contribution >= 0.6 is 0 Å². The Bertz CT molecular complexity index is 996. The van der Waals surface area contributed by atoms with E-state index in [0.717, 1.165) is 37.7 Å². The van der Waals surface area contributed by atoms with Gasteiger partial charge in [-0.05, 0) is 71.6 Å². The van der Waals surface area contributed by atoms with Gasteiger partial charge >= 0.3 is 0 Å². The molecule has 1 saturated carbocycles. The third-order valence-electron chi connectivity index (χ3n) is 6.96. The molecule has 1 nitrogen and oxygen atoms in total. The molecule has 1 fully saturated rings. The Morgan fingerprint density at radius 3 is 2.26 bits per heavy atom. The summed E-state index contributed by atoms with van der Waals surface area (Å²) in [5, 5.41) is 11.6. The number of aliphatic hydroxyl groups is 1. The minimum absolute atomic E-state index is 0.693. The van der Waals surface area contributed by atoms with Gasteiger partial charge in [0.15, 0.2) is 0 Å². The summed E-state index contributed by atoms with van der Waals surface area (Å²) in [7, 11) is 0. The lowest BCUT2D eigenvalue weighted by atomic mass is 9.76. The second-order valence-electron chi connectivity index (χ2n) is 9.33. The lowest BCUT2D eigenvalue weighted by molar-refractivity contribution is -0.000106. The van der Waals surface area contributed by atoms with E-state index in [0.29, 0.717) is 0 Å². The molecule has 0 unspecified atom stereocenters. The van der Waals surface area contributed by atoms with E-state index >= 15 is 0 Å². The summed E-state index contributed by atoms with van der Waals surface area (Å²) >= 11 is 0. The van der Waals surface area contributed by atoms with Crippen LogP contribution in [0.5, 0.6) is 0 Å². The molecular formula is C30H36O. The van der Waals surface area contributed by atoms with Crippen molar-refractivity contribution in [2.45, 2.75) is 77.2 Å². The first-order chi connectivity index (χ1) is 15.1. The van der Waals surface area contributed by atoms with Gasteiger partial charge in [0, 0.05) is 0 Å². The van der Waals surface area contributed by atoms with Crippen LogP contribution in [0.4, 0.5) is 0 Å². The van der Waals surface area contributed by atoms with E-state index in [2.05, 4.69) is 80.6 Å². The Morgan fingerprint density at radius 1 is 0.774 bits per heavy atom. The molecule has 1 aliphatic rings.